The molecule has 0 amide bonds. The Bertz CT molecular complexity index is 596. The fraction of sp³-hybridized carbons (Fsp3) is 0.368. The van der Waals surface area contributed by atoms with Crippen LogP contribution in [0.5, 0.6) is 11.5 Å². The van der Waals surface area contributed by atoms with Gasteiger partial charge < -0.3 is 14.8 Å². The van der Waals surface area contributed by atoms with Crippen molar-refractivity contribution in [3.05, 3.63) is 53.6 Å². The van der Waals surface area contributed by atoms with Gasteiger partial charge in [0.1, 0.15) is 18.1 Å². The molecule has 0 heterocycles. The lowest BCUT2D eigenvalue weighted by molar-refractivity contribution is 0.317. The van der Waals surface area contributed by atoms with Crippen molar-refractivity contribution in [3.8, 4) is 11.5 Å². The van der Waals surface area contributed by atoms with Crippen LogP contribution in [0.15, 0.2) is 42.5 Å². The lowest BCUT2D eigenvalue weighted by atomic mass is 10.1. The molecule has 3 nitrogen and oxygen atoms in total. The number of ether oxygens (including phenoxy) is 2. The highest BCUT2D eigenvalue weighted by Gasteiger charge is 2.00. The van der Waals surface area contributed by atoms with Crippen molar-refractivity contribution >= 4 is 5.69 Å². The second-order valence-corrected chi connectivity index (χ2v) is 5.42. The maximum atomic E-state index is 5.84. The molecule has 2 aromatic rings. The molecule has 0 spiro atoms. The van der Waals surface area contributed by atoms with E-state index in [2.05, 4.69) is 44.3 Å². The zero-order valence-electron chi connectivity index (χ0n) is 13.7. The summed E-state index contributed by atoms with van der Waals surface area (Å²) in [5.41, 5.74) is 3.44. The van der Waals surface area contributed by atoms with E-state index >= 15 is 0 Å². The van der Waals surface area contributed by atoms with E-state index in [1.807, 2.05) is 24.3 Å². The maximum Gasteiger partial charge on any atom is 0.122 e. The van der Waals surface area contributed by atoms with Crippen molar-refractivity contribution in [2.75, 3.05) is 25.1 Å². The number of benzene rings is 2. The van der Waals surface area contributed by atoms with Crippen molar-refractivity contribution in [1.29, 1.82) is 0 Å². The molecule has 0 fully saturated rings. The van der Waals surface area contributed by atoms with Gasteiger partial charge in [-0.3, -0.25) is 0 Å². The third kappa shape index (κ3) is 4.99. The normalized spacial score (nSPS) is 10.3. The molecule has 0 aliphatic carbocycles. The van der Waals surface area contributed by atoms with Crippen LogP contribution < -0.4 is 14.8 Å². The lowest BCUT2D eigenvalue weighted by Gasteiger charge is -2.12. The zero-order chi connectivity index (χ0) is 15.8. The number of rotatable bonds is 8. The highest BCUT2D eigenvalue weighted by molar-refractivity contribution is 5.48. The first-order valence-electron chi connectivity index (χ1n) is 7.86. The number of hydrogen-bond donors (Lipinski definition) is 1. The standard InChI is InChI=1S/C19H25NO2/c1-4-11-21-18-7-5-6-17(14-18)20-10-12-22-19-13-15(2)8-9-16(19)3/h5-9,13-14,20H,4,10-12H2,1-3H3. The Morgan fingerprint density at radius 1 is 0.955 bits per heavy atom. The van der Waals surface area contributed by atoms with Crippen LogP contribution in [0.1, 0.15) is 24.5 Å². The van der Waals surface area contributed by atoms with Gasteiger partial charge in [0.2, 0.25) is 0 Å². The van der Waals surface area contributed by atoms with Gasteiger partial charge in [0, 0.05) is 18.3 Å². The van der Waals surface area contributed by atoms with E-state index in [0.717, 1.165) is 36.8 Å². The fourth-order valence-corrected chi connectivity index (χ4v) is 2.13. The van der Waals surface area contributed by atoms with Crippen LogP contribution in [-0.4, -0.2) is 19.8 Å². The lowest BCUT2D eigenvalue weighted by Crippen LogP contribution is -2.12. The predicted molar refractivity (Wildman–Crippen MR) is 92.1 cm³/mol. The topological polar surface area (TPSA) is 30.5 Å². The summed E-state index contributed by atoms with van der Waals surface area (Å²) < 4.78 is 11.5. The highest BCUT2D eigenvalue weighted by Crippen LogP contribution is 2.19. The van der Waals surface area contributed by atoms with Crippen LogP contribution in [0, 0.1) is 13.8 Å². The van der Waals surface area contributed by atoms with Gasteiger partial charge in [-0.15, -0.1) is 0 Å². The van der Waals surface area contributed by atoms with E-state index in [1.165, 1.54) is 11.1 Å². The molecule has 2 aromatic carbocycles. The summed E-state index contributed by atoms with van der Waals surface area (Å²) in [5, 5.41) is 3.36. The van der Waals surface area contributed by atoms with Gasteiger partial charge in [0.15, 0.2) is 0 Å². The number of anilines is 1. The average Bonchev–Trinajstić information content (AvgIpc) is 2.53. The molecule has 0 aliphatic heterocycles. The van der Waals surface area contributed by atoms with E-state index in [0.29, 0.717) is 6.61 Å². The van der Waals surface area contributed by atoms with E-state index in [-0.39, 0.29) is 0 Å². The van der Waals surface area contributed by atoms with Gasteiger partial charge in [-0.25, -0.2) is 0 Å². The molecule has 118 valence electrons. The van der Waals surface area contributed by atoms with Gasteiger partial charge in [-0.05, 0) is 49.6 Å². The molecular weight excluding hydrogens is 274 g/mol. The Hall–Kier alpha value is -2.16. The van der Waals surface area contributed by atoms with Gasteiger partial charge >= 0.3 is 0 Å². The molecule has 0 saturated carbocycles. The Morgan fingerprint density at radius 2 is 1.82 bits per heavy atom. The summed E-state index contributed by atoms with van der Waals surface area (Å²) in [6.45, 7) is 8.38. The monoisotopic (exact) mass is 299 g/mol. The molecule has 0 saturated heterocycles. The largest absolute Gasteiger partial charge is 0.494 e. The van der Waals surface area contributed by atoms with E-state index < -0.39 is 0 Å². The Morgan fingerprint density at radius 3 is 2.64 bits per heavy atom. The SMILES string of the molecule is CCCOc1cccc(NCCOc2cc(C)ccc2C)c1. The van der Waals surface area contributed by atoms with Crippen LogP contribution in [0.4, 0.5) is 5.69 Å². The summed E-state index contributed by atoms with van der Waals surface area (Å²) in [7, 11) is 0. The first-order chi connectivity index (χ1) is 10.7. The second-order valence-electron chi connectivity index (χ2n) is 5.42. The van der Waals surface area contributed by atoms with Gasteiger partial charge in [-0.1, -0.05) is 25.1 Å². The van der Waals surface area contributed by atoms with Crippen molar-refractivity contribution < 1.29 is 9.47 Å². The van der Waals surface area contributed by atoms with Crippen LogP contribution in [-0.2, 0) is 0 Å². The summed E-state index contributed by atoms with van der Waals surface area (Å²) in [6, 6.07) is 14.3. The molecule has 0 bridgehead atoms. The predicted octanol–water partition coefficient (Wildman–Crippen LogP) is 4.58. The fourth-order valence-electron chi connectivity index (χ4n) is 2.13. The third-order valence-corrected chi connectivity index (χ3v) is 3.34. The first-order valence-corrected chi connectivity index (χ1v) is 7.86. The minimum absolute atomic E-state index is 0.629. The minimum Gasteiger partial charge on any atom is -0.494 e. The average molecular weight is 299 g/mol. The van der Waals surface area contributed by atoms with Crippen LogP contribution >= 0.6 is 0 Å². The summed E-state index contributed by atoms with van der Waals surface area (Å²) >= 11 is 0. The molecule has 0 aliphatic rings. The molecule has 0 radical (unpaired) electrons. The molecule has 0 unspecified atom stereocenters. The third-order valence-electron chi connectivity index (χ3n) is 3.34. The number of aryl methyl sites for hydroxylation is 2. The van der Waals surface area contributed by atoms with E-state index in [1.54, 1.807) is 0 Å². The van der Waals surface area contributed by atoms with Crippen LogP contribution in [0.3, 0.4) is 0 Å². The first kappa shape index (κ1) is 16.2. The van der Waals surface area contributed by atoms with E-state index in [9.17, 15) is 0 Å². The van der Waals surface area contributed by atoms with E-state index in [4.69, 9.17) is 9.47 Å². The Labute approximate surface area is 133 Å². The quantitative estimate of drug-likeness (QED) is 0.724. The van der Waals surface area contributed by atoms with Crippen molar-refractivity contribution in [2.24, 2.45) is 0 Å². The minimum atomic E-state index is 0.629. The molecule has 1 N–H and O–H groups in total. The van der Waals surface area contributed by atoms with Crippen molar-refractivity contribution in [1.82, 2.24) is 0 Å². The van der Waals surface area contributed by atoms with Gasteiger partial charge in [-0.2, -0.15) is 0 Å². The summed E-state index contributed by atoms with van der Waals surface area (Å²) in [4.78, 5) is 0. The maximum absolute atomic E-state index is 5.84. The van der Waals surface area contributed by atoms with Crippen molar-refractivity contribution in [2.45, 2.75) is 27.2 Å². The molecule has 3 heteroatoms. The Kier molecular flexibility index (Phi) is 6.13. The molecule has 0 atom stereocenters. The summed E-state index contributed by atoms with van der Waals surface area (Å²) in [6.07, 6.45) is 1.02. The number of nitrogens with one attached hydrogen (secondary N) is 1. The number of hydrogen-bond acceptors (Lipinski definition) is 3. The Balaban J connectivity index is 1.80. The zero-order valence-corrected chi connectivity index (χ0v) is 13.7. The second kappa shape index (κ2) is 8.32. The molecule has 0 aromatic heterocycles. The van der Waals surface area contributed by atoms with Gasteiger partial charge in [0.25, 0.3) is 0 Å². The molecule has 2 rings (SSSR count). The molecule has 22 heavy (non-hydrogen) atoms. The van der Waals surface area contributed by atoms with Crippen LogP contribution in [0.2, 0.25) is 0 Å². The highest BCUT2D eigenvalue weighted by atomic mass is 16.5. The molecular formula is C19H25NO2. The van der Waals surface area contributed by atoms with Crippen LogP contribution in [0.25, 0.3) is 0 Å². The van der Waals surface area contributed by atoms with Gasteiger partial charge in [0.05, 0.1) is 6.61 Å². The van der Waals surface area contributed by atoms with Crippen molar-refractivity contribution in [3.63, 3.8) is 0 Å². The summed E-state index contributed by atoms with van der Waals surface area (Å²) in [5.74, 6) is 1.86. The smallest absolute Gasteiger partial charge is 0.122 e.